The van der Waals surface area contributed by atoms with Crippen molar-refractivity contribution in [3.8, 4) is 0 Å². The molecule has 2 aromatic rings. The number of rotatable bonds is 3. The van der Waals surface area contributed by atoms with E-state index >= 15 is 0 Å². The van der Waals surface area contributed by atoms with Gasteiger partial charge in [0.2, 0.25) is 12.3 Å². The van der Waals surface area contributed by atoms with Gasteiger partial charge in [-0.1, -0.05) is 41.9 Å². The second-order valence-electron chi connectivity index (χ2n) is 6.28. The molecule has 0 unspecified atom stereocenters. The predicted octanol–water partition coefficient (Wildman–Crippen LogP) is 2.58. The Labute approximate surface area is 129 Å². The predicted molar refractivity (Wildman–Crippen MR) is 80.1 cm³/mol. The van der Waals surface area contributed by atoms with Crippen LogP contribution in [0.25, 0.3) is 0 Å². The third-order valence-corrected chi connectivity index (χ3v) is 5.02. The average molecular weight is 297 g/mol. The largest absolute Gasteiger partial charge is 0.343 e. The van der Waals surface area contributed by atoms with Gasteiger partial charge in [0, 0.05) is 30.8 Å². The molecule has 2 fully saturated rings. The highest BCUT2D eigenvalue weighted by molar-refractivity contribution is 5.80. The minimum absolute atomic E-state index is 0.116. The van der Waals surface area contributed by atoms with E-state index in [1.54, 1.807) is 0 Å². The van der Waals surface area contributed by atoms with Crippen molar-refractivity contribution in [3.05, 3.63) is 48.1 Å². The molecule has 1 amide bonds. The molecule has 2 heterocycles. The standard InChI is InChI=1S/C17H19N3O2/c21-17(13-7-4-8-13)20-9-14(12-5-2-1-3-6-12)15(10-20)16-18-11-22-19-16/h1-3,5-6,11,13-15H,4,7-10H2/t14-,15-/m0/s1. The van der Waals surface area contributed by atoms with Gasteiger partial charge in [-0.3, -0.25) is 4.79 Å². The van der Waals surface area contributed by atoms with Crippen LogP contribution in [0.1, 0.15) is 42.5 Å². The summed E-state index contributed by atoms with van der Waals surface area (Å²) in [5.41, 5.74) is 1.24. The van der Waals surface area contributed by atoms with Gasteiger partial charge < -0.3 is 9.42 Å². The first kappa shape index (κ1) is 13.5. The summed E-state index contributed by atoms with van der Waals surface area (Å²) < 4.78 is 4.92. The van der Waals surface area contributed by atoms with Crippen LogP contribution in [0.2, 0.25) is 0 Å². The molecule has 1 aromatic carbocycles. The molecule has 5 heteroatoms. The Morgan fingerprint density at radius 1 is 1.14 bits per heavy atom. The van der Waals surface area contributed by atoms with Crippen LogP contribution in [0, 0.1) is 5.92 Å². The summed E-state index contributed by atoms with van der Waals surface area (Å²) in [4.78, 5) is 18.8. The van der Waals surface area contributed by atoms with E-state index in [2.05, 4.69) is 22.3 Å². The van der Waals surface area contributed by atoms with E-state index in [4.69, 9.17) is 4.52 Å². The van der Waals surface area contributed by atoms with Gasteiger partial charge in [0.1, 0.15) is 0 Å². The van der Waals surface area contributed by atoms with Crippen LogP contribution in [-0.4, -0.2) is 34.0 Å². The number of amides is 1. The summed E-state index contributed by atoms with van der Waals surface area (Å²) in [5, 5.41) is 4.02. The molecule has 1 saturated heterocycles. The van der Waals surface area contributed by atoms with E-state index in [0.717, 1.165) is 19.4 Å². The quantitative estimate of drug-likeness (QED) is 0.873. The van der Waals surface area contributed by atoms with Crippen LogP contribution in [0.5, 0.6) is 0 Å². The molecule has 0 radical (unpaired) electrons. The summed E-state index contributed by atoms with van der Waals surface area (Å²) in [6, 6.07) is 10.3. The van der Waals surface area contributed by atoms with Gasteiger partial charge in [-0.15, -0.1) is 0 Å². The zero-order valence-electron chi connectivity index (χ0n) is 12.4. The summed E-state index contributed by atoms with van der Waals surface area (Å²) in [5.74, 6) is 1.60. The maximum Gasteiger partial charge on any atom is 0.225 e. The van der Waals surface area contributed by atoms with Crippen LogP contribution >= 0.6 is 0 Å². The summed E-state index contributed by atoms with van der Waals surface area (Å²) >= 11 is 0. The number of carbonyl (C=O) groups is 1. The van der Waals surface area contributed by atoms with Crippen LogP contribution in [0.3, 0.4) is 0 Å². The molecule has 1 aromatic heterocycles. The van der Waals surface area contributed by atoms with E-state index in [1.165, 1.54) is 18.4 Å². The fourth-order valence-corrected chi connectivity index (χ4v) is 3.54. The highest BCUT2D eigenvalue weighted by Gasteiger charge is 2.41. The summed E-state index contributed by atoms with van der Waals surface area (Å²) in [6.45, 7) is 1.44. The summed E-state index contributed by atoms with van der Waals surface area (Å²) in [7, 11) is 0. The molecule has 0 spiro atoms. The maximum absolute atomic E-state index is 12.6. The molecule has 0 N–H and O–H groups in total. The van der Waals surface area contributed by atoms with Gasteiger partial charge in [0.25, 0.3) is 0 Å². The lowest BCUT2D eigenvalue weighted by Crippen LogP contribution is -2.37. The Morgan fingerprint density at radius 2 is 1.91 bits per heavy atom. The van der Waals surface area contributed by atoms with Gasteiger partial charge in [0.15, 0.2) is 5.82 Å². The Morgan fingerprint density at radius 3 is 2.55 bits per heavy atom. The number of nitrogens with zero attached hydrogens (tertiary/aromatic N) is 3. The highest BCUT2D eigenvalue weighted by atomic mass is 16.5. The zero-order chi connectivity index (χ0) is 14.9. The fraction of sp³-hybridized carbons (Fsp3) is 0.471. The van der Waals surface area contributed by atoms with Crippen LogP contribution < -0.4 is 0 Å². The first-order valence-corrected chi connectivity index (χ1v) is 7.93. The maximum atomic E-state index is 12.6. The minimum atomic E-state index is 0.116. The number of hydrogen-bond acceptors (Lipinski definition) is 4. The van der Waals surface area contributed by atoms with Gasteiger partial charge in [0.05, 0.1) is 0 Å². The second kappa shape index (κ2) is 5.55. The Bertz CT molecular complexity index is 637. The molecule has 4 rings (SSSR count). The Balaban J connectivity index is 1.61. The Hall–Kier alpha value is -2.17. The zero-order valence-corrected chi connectivity index (χ0v) is 12.4. The van der Waals surface area contributed by atoms with Crippen molar-refractivity contribution in [2.45, 2.75) is 31.1 Å². The molecule has 2 atom stereocenters. The van der Waals surface area contributed by atoms with E-state index < -0.39 is 0 Å². The van der Waals surface area contributed by atoms with Gasteiger partial charge in [-0.05, 0) is 18.4 Å². The molecule has 2 aliphatic rings. The van der Waals surface area contributed by atoms with Crippen molar-refractivity contribution in [2.24, 2.45) is 5.92 Å². The van der Waals surface area contributed by atoms with E-state index in [9.17, 15) is 4.79 Å². The monoisotopic (exact) mass is 297 g/mol. The van der Waals surface area contributed by atoms with Crippen molar-refractivity contribution >= 4 is 5.91 Å². The number of benzene rings is 1. The minimum Gasteiger partial charge on any atom is -0.343 e. The molecule has 0 bridgehead atoms. The number of aromatic nitrogens is 2. The third-order valence-electron chi connectivity index (χ3n) is 5.02. The van der Waals surface area contributed by atoms with Crippen molar-refractivity contribution in [3.63, 3.8) is 0 Å². The third kappa shape index (κ3) is 2.30. The van der Waals surface area contributed by atoms with Crippen molar-refractivity contribution in [2.75, 3.05) is 13.1 Å². The van der Waals surface area contributed by atoms with Crippen LogP contribution in [0.15, 0.2) is 41.2 Å². The second-order valence-corrected chi connectivity index (χ2v) is 6.28. The fourth-order valence-electron chi connectivity index (χ4n) is 3.54. The lowest BCUT2D eigenvalue weighted by Gasteiger charge is -2.29. The van der Waals surface area contributed by atoms with Crippen LogP contribution in [0.4, 0.5) is 0 Å². The van der Waals surface area contributed by atoms with E-state index in [0.29, 0.717) is 18.3 Å². The van der Waals surface area contributed by atoms with Gasteiger partial charge in [-0.2, -0.15) is 4.98 Å². The Kier molecular flexibility index (Phi) is 3.41. The molecule has 1 aliphatic heterocycles. The lowest BCUT2D eigenvalue weighted by atomic mass is 9.84. The molecule has 114 valence electrons. The smallest absolute Gasteiger partial charge is 0.225 e. The summed E-state index contributed by atoms with van der Waals surface area (Å²) in [6.07, 6.45) is 4.63. The lowest BCUT2D eigenvalue weighted by molar-refractivity contribution is -0.137. The number of hydrogen-bond donors (Lipinski definition) is 0. The van der Waals surface area contributed by atoms with Crippen molar-refractivity contribution in [1.82, 2.24) is 15.0 Å². The van der Waals surface area contributed by atoms with Crippen molar-refractivity contribution in [1.29, 1.82) is 0 Å². The average Bonchev–Trinajstić information content (AvgIpc) is 3.15. The first-order chi connectivity index (χ1) is 10.8. The van der Waals surface area contributed by atoms with Crippen LogP contribution in [-0.2, 0) is 4.79 Å². The van der Waals surface area contributed by atoms with Crippen molar-refractivity contribution < 1.29 is 9.32 Å². The number of carbonyl (C=O) groups excluding carboxylic acids is 1. The van der Waals surface area contributed by atoms with E-state index in [-0.39, 0.29) is 17.8 Å². The molecule has 1 aliphatic carbocycles. The molecule has 5 nitrogen and oxygen atoms in total. The van der Waals surface area contributed by atoms with Gasteiger partial charge >= 0.3 is 0 Å². The molecular weight excluding hydrogens is 278 g/mol. The topological polar surface area (TPSA) is 59.2 Å². The highest BCUT2D eigenvalue weighted by Crippen LogP contribution is 2.40. The normalized spacial score (nSPS) is 25.2. The molecule has 1 saturated carbocycles. The first-order valence-electron chi connectivity index (χ1n) is 7.93. The van der Waals surface area contributed by atoms with E-state index in [1.807, 2.05) is 23.1 Å². The molecular formula is C17H19N3O2. The number of likely N-dealkylation sites (tertiary alicyclic amines) is 1. The van der Waals surface area contributed by atoms with Gasteiger partial charge in [-0.25, -0.2) is 0 Å². The SMILES string of the molecule is O=C(C1CCC1)N1C[C@H](c2ncon2)[C@H](c2ccccc2)C1. The molecule has 22 heavy (non-hydrogen) atoms.